The zero-order chi connectivity index (χ0) is 21.8. The Kier molecular flexibility index (Phi) is 6.23. The highest BCUT2D eigenvalue weighted by Gasteiger charge is 2.31. The number of amides is 2. The van der Waals surface area contributed by atoms with Gasteiger partial charge in [0.1, 0.15) is 5.75 Å². The smallest absolute Gasteiger partial charge is 0.336 e. The zero-order valence-corrected chi connectivity index (χ0v) is 17.0. The number of nitrogens with one attached hydrogen (secondary N) is 2. The summed E-state index contributed by atoms with van der Waals surface area (Å²) < 4.78 is 5.28. The number of ether oxygens (including phenoxy) is 1. The number of hydrogen-bond donors (Lipinski definition) is 3. The third kappa shape index (κ3) is 4.69. The Balaban J connectivity index is 1.79. The highest BCUT2D eigenvalue weighted by molar-refractivity contribution is 6.32. The summed E-state index contributed by atoms with van der Waals surface area (Å²) >= 11 is 6.24. The van der Waals surface area contributed by atoms with Crippen LogP contribution in [0.3, 0.4) is 0 Å². The van der Waals surface area contributed by atoms with Crippen LogP contribution in [0.5, 0.6) is 5.75 Å². The van der Waals surface area contributed by atoms with E-state index in [1.807, 2.05) is 31.2 Å². The molecule has 0 fully saturated rings. The van der Waals surface area contributed by atoms with Gasteiger partial charge in [-0.05, 0) is 48.7 Å². The lowest BCUT2D eigenvalue weighted by Gasteiger charge is -2.27. The van der Waals surface area contributed by atoms with Gasteiger partial charge < -0.3 is 20.5 Å². The standard InChI is InChI=1S/C22H19ClN2O5/c1-12-5-3-4-6-14(12)8-10-18(26)30-17-9-7-15(11-16(17)23)20-19(21(27)28)13(2)24-22(29)25-20/h3-11,20H,1-2H3,(H,27,28)(H2,24,25,29). The van der Waals surface area contributed by atoms with Crippen molar-refractivity contribution >= 4 is 35.6 Å². The molecule has 1 atom stereocenters. The minimum absolute atomic E-state index is 0.00317. The molecule has 2 aromatic carbocycles. The number of allylic oxidation sites excluding steroid dienone is 1. The fourth-order valence-electron chi connectivity index (χ4n) is 3.08. The van der Waals surface area contributed by atoms with Crippen LogP contribution in [0.4, 0.5) is 4.79 Å². The molecule has 1 unspecified atom stereocenters. The number of benzene rings is 2. The third-order valence-corrected chi connectivity index (χ3v) is 4.88. The van der Waals surface area contributed by atoms with Gasteiger partial charge >= 0.3 is 18.0 Å². The predicted molar refractivity (Wildman–Crippen MR) is 112 cm³/mol. The lowest BCUT2D eigenvalue weighted by molar-refractivity contribution is -0.133. The molecule has 0 radical (unpaired) electrons. The molecule has 3 N–H and O–H groups in total. The van der Waals surface area contributed by atoms with Crippen LogP contribution in [0.15, 0.2) is 59.8 Å². The molecule has 2 amide bonds. The molecule has 2 aromatic rings. The molecule has 1 heterocycles. The van der Waals surface area contributed by atoms with E-state index in [9.17, 15) is 19.5 Å². The molecule has 1 aliphatic rings. The van der Waals surface area contributed by atoms with E-state index in [-0.39, 0.29) is 22.0 Å². The number of carboxylic acid groups (broad SMARTS) is 1. The van der Waals surface area contributed by atoms with Gasteiger partial charge in [-0.1, -0.05) is 41.9 Å². The van der Waals surface area contributed by atoms with Gasteiger partial charge in [0.25, 0.3) is 0 Å². The molecule has 0 saturated heterocycles. The Morgan fingerprint density at radius 1 is 1.17 bits per heavy atom. The third-order valence-electron chi connectivity index (χ3n) is 4.59. The zero-order valence-electron chi connectivity index (χ0n) is 16.2. The summed E-state index contributed by atoms with van der Waals surface area (Å²) in [5, 5.41) is 14.6. The van der Waals surface area contributed by atoms with E-state index in [1.54, 1.807) is 12.1 Å². The van der Waals surface area contributed by atoms with Crippen LogP contribution >= 0.6 is 11.6 Å². The van der Waals surface area contributed by atoms with Crippen LogP contribution in [0.2, 0.25) is 5.02 Å². The maximum atomic E-state index is 12.1. The number of carboxylic acids is 1. The molecule has 8 heteroatoms. The van der Waals surface area contributed by atoms with E-state index in [0.29, 0.717) is 5.56 Å². The van der Waals surface area contributed by atoms with Crippen LogP contribution in [0.25, 0.3) is 6.08 Å². The summed E-state index contributed by atoms with van der Waals surface area (Å²) in [6, 6.07) is 10.6. The molecule has 0 bridgehead atoms. The molecule has 30 heavy (non-hydrogen) atoms. The van der Waals surface area contributed by atoms with Gasteiger partial charge in [0.2, 0.25) is 0 Å². The maximum Gasteiger partial charge on any atom is 0.336 e. The first-order valence-corrected chi connectivity index (χ1v) is 9.40. The van der Waals surface area contributed by atoms with Crippen molar-refractivity contribution in [1.82, 2.24) is 10.6 Å². The molecular weight excluding hydrogens is 408 g/mol. The van der Waals surface area contributed by atoms with Gasteiger partial charge in [0.15, 0.2) is 0 Å². The molecule has 154 valence electrons. The molecule has 0 aromatic heterocycles. The summed E-state index contributed by atoms with van der Waals surface area (Å²) in [5.41, 5.74) is 2.59. The van der Waals surface area contributed by atoms with Crippen molar-refractivity contribution in [3.8, 4) is 5.75 Å². The van der Waals surface area contributed by atoms with Gasteiger partial charge in [0.05, 0.1) is 16.6 Å². The van der Waals surface area contributed by atoms with Crippen molar-refractivity contribution in [2.45, 2.75) is 19.9 Å². The van der Waals surface area contributed by atoms with Crippen molar-refractivity contribution in [3.05, 3.63) is 81.5 Å². The maximum absolute atomic E-state index is 12.1. The van der Waals surface area contributed by atoms with Crippen LogP contribution < -0.4 is 15.4 Å². The lowest BCUT2D eigenvalue weighted by Crippen LogP contribution is -2.45. The lowest BCUT2D eigenvalue weighted by atomic mass is 9.95. The minimum Gasteiger partial charge on any atom is -0.478 e. The van der Waals surface area contributed by atoms with Crippen LogP contribution in [0, 0.1) is 6.92 Å². The topological polar surface area (TPSA) is 105 Å². The van der Waals surface area contributed by atoms with E-state index in [2.05, 4.69) is 10.6 Å². The van der Waals surface area contributed by atoms with Crippen LogP contribution in [-0.4, -0.2) is 23.1 Å². The molecule has 3 rings (SSSR count). The first-order chi connectivity index (χ1) is 14.3. The fraction of sp³-hybridized carbons (Fsp3) is 0.136. The summed E-state index contributed by atoms with van der Waals surface area (Å²) in [7, 11) is 0. The second-order valence-corrected chi connectivity index (χ2v) is 7.08. The number of aryl methyl sites for hydroxylation is 1. The van der Waals surface area contributed by atoms with Gasteiger partial charge in [-0.25, -0.2) is 14.4 Å². The monoisotopic (exact) mass is 426 g/mol. The van der Waals surface area contributed by atoms with Gasteiger partial charge in [-0.15, -0.1) is 0 Å². The quantitative estimate of drug-likeness (QED) is 0.381. The van der Waals surface area contributed by atoms with Gasteiger partial charge in [0, 0.05) is 11.8 Å². The second kappa shape index (κ2) is 8.84. The number of hydrogen-bond acceptors (Lipinski definition) is 4. The Morgan fingerprint density at radius 3 is 2.57 bits per heavy atom. The molecular formula is C22H19ClN2O5. The summed E-state index contributed by atoms with van der Waals surface area (Å²) in [5.74, 6) is -1.65. The van der Waals surface area contributed by atoms with Crippen molar-refractivity contribution in [2.24, 2.45) is 0 Å². The van der Waals surface area contributed by atoms with Gasteiger partial charge in [-0.3, -0.25) is 0 Å². The number of carbonyl (C=O) groups excluding carboxylic acids is 2. The van der Waals surface area contributed by atoms with E-state index in [4.69, 9.17) is 16.3 Å². The number of esters is 1. The van der Waals surface area contributed by atoms with E-state index >= 15 is 0 Å². The van der Waals surface area contributed by atoms with Crippen molar-refractivity contribution in [1.29, 1.82) is 0 Å². The fourth-order valence-corrected chi connectivity index (χ4v) is 3.31. The van der Waals surface area contributed by atoms with E-state index in [0.717, 1.165) is 11.1 Å². The second-order valence-electron chi connectivity index (χ2n) is 6.68. The van der Waals surface area contributed by atoms with Gasteiger partial charge in [-0.2, -0.15) is 0 Å². The Morgan fingerprint density at radius 2 is 1.90 bits per heavy atom. The molecule has 7 nitrogen and oxygen atoms in total. The Bertz CT molecular complexity index is 1090. The van der Waals surface area contributed by atoms with Crippen molar-refractivity contribution in [2.75, 3.05) is 0 Å². The predicted octanol–water partition coefficient (Wildman–Crippen LogP) is 3.98. The largest absolute Gasteiger partial charge is 0.478 e. The Labute approximate surface area is 178 Å². The average molecular weight is 427 g/mol. The van der Waals surface area contributed by atoms with E-state index in [1.165, 1.54) is 25.1 Å². The first kappa shape index (κ1) is 21.1. The molecule has 0 aliphatic carbocycles. The molecule has 0 saturated carbocycles. The minimum atomic E-state index is -1.17. The summed E-state index contributed by atoms with van der Waals surface area (Å²) in [4.78, 5) is 35.5. The van der Waals surface area contributed by atoms with E-state index < -0.39 is 24.0 Å². The van der Waals surface area contributed by atoms with Crippen molar-refractivity contribution in [3.63, 3.8) is 0 Å². The number of rotatable bonds is 5. The highest BCUT2D eigenvalue weighted by atomic mass is 35.5. The van der Waals surface area contributed by atoms with Crippen molar-refractivity contribution < 1.29 is 24.2 Å². The molecule has 0 spiro atoms. The molecule has 1 aliphatic heterocycles. The number of aliphatic carboxylic acids is 1. The number of carbonyl (C=O) groups is 3. The van der Waals surface area contributed by atoms with Crippen LogP contribution in [0.1, 0.15) is 29.7 Å². The van der Waals surface area contributed by atoms with Crippen LogP contribution in [-0.2, 0) is 9.59 Å². The first-order valence-electron chi connectivity index (χ1n) is 9.03. The summed E-state index contributed by atoms with van der Waals surface area (Å²) in [6.07, 6.45) is 2.95. The SMILES string of the molecule is CC1=C(C(=O)O)C(c2ccc(OC(=O)C=Cc3ccccc3C)c(Cl)c2)NC(=O)N1. The Hall–Kier alpha value is -3.58. The number of urea groups is 1. The summed E-state index contributed by atoms with van der Waals surface area (Å²) in [6.45, 7) is 3.44. The average Bonchev–Trinajstić information content (AvgIpc) is 2.68. The number of halogens is 1. The normalized spacial score (nSPS) is 16.2. The highest BCUT2D eigenvalue weighted by Crippen LogP contribution is 2.32.